The maximum absolute atomic E-state index is 11.7. The third kappa shape index (κ3) is 3.26. The third-order valence-electron chi connectivity index (χ3n) is 3.40. The average molecular weight is 296 g/mol. The molecule has 2 N–H and O–H groups in total. The highest BCUT2D eigenvalue weighted by Gasteiger charge is 2.29. The summed E-state index contributed by atoms with van der Waals surface area (Å²) in [7, 11) is 0. The number of anilines is 2. The first-order chi connectivity index (χ1) is 9.43. The van der Waals surface area contributed by atoms with Gasteiger partial charge in [-0.2, -0.15) is 0 Å². The predicted octanol–water partition coefficient (Wildman–Crippen LogP) is 3.56. The second-order valence-corrected chi connectivity index (χ2v) is 6.68. The number of hydrogen-bond acceptors (Lipinski definition) is 5. The summed E-state index contributed by atoms with van der Waals surface area (Å²) in [5.41, 5.74) is 6.63. The lowest BCUT2D eigenvalue weighted by Crippen LogP contribution is -2.25. The first-order valence-corrected chi connectivity index (χ1v) is 8.10. The molecule has 0 aromatic carbocycles. The summed E-state index contributed by atoms with van der Waals surface area (Å²) in [6.07, 6.45) is 2.65. The molecular formula is C15H24N2O2S. The van der Waals surface area contributed by atoms with E-state index in [1.54, 1.807) is 6.92 Å². The number of hydrogen-bond donors (Lipinski definition) is 1. The van der Waals surface area contributed by atoms with Crippen molar-refractivity contribution in [2.24, 2.45) is 5.92 Å². The Morgan fingerprint density at radius 3 is 2.60 bits per heavy atom. The summed E-state index contributed by atoms with van der Waals surface area (Å²) < 4.78 is 5.88. The monoisotopic (exact) mass is 296 g/mol. The van der Waals surface area contributed by atoms with Gasteiger partial charge >= 0.3 is 0 Å². The Balaban J connectivity index is 2.36. The topological polar surface area (TPSA) is 55.6 Å². The van der Waals surface area contributed by atoms with Crippen LogP contribution in [-0.2, 0) is 0 Å². The highest BCUT2D eigenvalue weighted by Crippen LogP contribution is 2.46. The van der Waals surface area contributed by atoms with Gasteiger partial charge in [0.2, 0.25) is 0 Å². The van der Waals surface area contributed by atoms with E-state index in [0.29, 0.717) is 16.3 Å². The van der Waals surface area contributed by atoms with Gasteiger partial charge in [0, 0.05) is 20.0 Å². The van der Waals surface area contributed by atoms with Crippen molar-refractivity contribution < 1.29 is 9.53 Å². The minimum atomic E-state index is 0.00910. The Kier molecular flexibility index (Phi) is 4.58. The summed E-state index contributed by atoms with van der Waals surface area (Å²) >= 11 is 1.47. The van der Waals surface area contributed by atoms with Crippen molar-refractivity contribution in [2.45, 2.75) is 46.6 Å². The Morgan fingerprint density at radius 1 is 1.50 bits per heavy atom. The molecule has 0 aliphatic heterocycles. The molecule has 0 radical (unpaired) electrons. The molecule has 5 heteroatoms. The van der Waals surface area contributed by atoms with Gasteiger partial charge in [0.1, 0.15) is 5.00 Å². The van der Waals surface area contributed by atoms with Crippen molar-refractivity contribution in [3.05, 3.63) is 4.88 Å². The molecule has 0 spiro atoms. The second kappa shape index (κ2) is 6.04. The number of Topliss-reactive ketones (excluding diaryl/α,β-unsaturated/α-hetero) is 1. The molecule has 2 rings (SSSR count). The van der Waals surface area contributed by atoms with Crippen molar-refractivity contribution in [3.63, 3.8) is 0 Å². The van der Waals surface area contributed by atoms with Gasteiger partial charge < -0.3 is 15.4 Å². The SMILES string of the molecule is CCN(CC1CC1)c1sc(C(C)=O)c(N)c1OC(C)C. The number of ketones is 1. The standard InChI is InChI=1S/C15H24N2O2S/c1-5-17(8-11-6-7-11)15-13(19-9(2)3)12(16)14(20-15)10(4)18/h9,11H,5-8,16H2,1-4H3. The number of carbonyl (C=O) groups excluding carboxylic acids is 1. The van der Waals surface area contributed by atoms with Gasteiger partial charge in [-0.05, 0) is 39.5 Å². The Morgan fingerprint density at radius 2 is 2.15 bits per heavy atom. The fraction of sp³-hybridized carbons (Fsp3) is 0.667. The molecule has 1 aromatic heterocycles. The highest BCUT2D eigenvalue weighted by molar-refractivity contribution is 7.19. The van der Waals surface area contributed by atoms with Crippen molar-refractivity contribution in [2.75, 3.05) is 23.7 Å². The van der Waals surface area contributed by atoms with Crippen LogP contribution in [0.25, 0.3) is 0 Å². The van der Waals surface area contributed by atoms with Gasteiger partial charge in [-0.3, -0.25) is 4.79 Å². The van der Waals surface area contributed by atoms with Crippen LogP contribution in [0, 0.1) is 5.92 Å². The number of rotatable bonds is 7. The van der Waals surface area contributed by atoms with Crippen LogP contribution in [-0.4, -0.2) is 25.0 Å². The van der Waals surface area contributed by atoms with Gasteiger partial charge in [-0.15, -0.1) is 11.3 Å². The zero-order chi connectivity index (χ0) is 14.9. The van der Waals surface area contributed by atoms with Gasteiger partial charge in [0.05, 0.1) is 16.7 Å². The molecule has 0 saturated heterocycles. The molecule has 0 unspecified atom stereocenters. The third-order valence-corrected chi connectivity index (χ3v) is 4.75. The summed E-state index contributed by atoms with van der Waals surface area (Å²) in [4.78, 5) is 14.6. The molecule has 1 aliphatic carbocycles. The van der Waals surface area contributed by atoms with Crippen molar-refractivity contribution in [3.8, 4) is 5.75 Å². The molecule has 4 nitrogen and oxygen atoms in total. The molecule has 1 saturated carbocycles. The molecule has 0 bridgehead atoms. The van der Waals surface area contributed by atoms with Crippen LogP contribution >= 0.6 is 11.3 Å². The Hall–Kier alpha value is -1.23. The second-order valence-electron chi connectivity index (χ2n) is 5.68. The maximum atomic E-state index is 11.7. The van der Waals surface area contributed by atoms with Crippen LogP contribution in [0.1, 0.15) is 50.2 Å². The lowest BCUT2D eigenvalue weighted by atomic mass is 10.3. The van der Waals surface area contributed by atoms with Crippen LogP contribution in [0.2, 0.25) is 0 Å². The Bertz CT molecular complexity index is 492. The van der Waals surface area contributed by atoms with Gasteiger partial charge in [-0.25, -0.2) is 0 Å². The molecule has 1 heterocycles. The number of nitrogens with two attached hydrogens (primary N) is 1. The Labute approximate surface area is 124 Å². The first kappa shape index (κ1) is 15.2. The van der Waals surface area contributed by atoms with Crippen molar-refractivity contribution >= 4 is 27.8 Å². The number of thiophene rings is 1. The van der Waals surface area contributed by atoms with E-state index in [9.17, 15) is 4.79 Å². The lowest BCUT2D eigenvalue weighted by molar-refractivity contribution is 0.102. The molecule has 0 atom stereocenters. The number of nitrogen functional groups attached to an aromatic ring is 1. The largest absolute Gasteiger partial charge is 0.486 e. The normalized spacial score (nSPS) is 14.7. The fourth-order valence-corrected chi connectivity index (χ4v) is 3.33. The fourth-order valence-electron chi connectivity index (χ4n) is 2.20. The van der Waals surface area contributed by atoms with Gasteiger partial charge in [0.25, 0.3) is 0 Å². The van der Waals surface area contributed by atoms with E-state index >= 15 is 0 Å². The zero-order valence-electron chi connectivity index (χ0n) is 12.7. The van der Waals surface area contributed by atoms with E-state index in [4.69, 9.17) is 10.5 Å². The summed E-state index contributed by atoms with van der Waals surface area (Å²) in [5, 5.41) is 1.01. The quantitative estimate of drug-likeness (QED) is 0.782. The van der Waals surface area contributed by atoms with Crippen LogP contribution in [0.15, 0.2) is 0 Å². The van der Waals surface area contributed by atoms with Crippen LogP contribution in [0.5, 0.6) is 5.75 Å². The van der Waals surface area contributed by atoms with E-state index in [1.165, 1.54) is 24.2 Å². The number of ether oxygens (including phenoxy) is 1. The van der Waals surface area contributed by atoms with E-state index in [0.717, 1.165) is 24.0 Å². The average Bonchev–Trinajstić information content (AvgIpc) is 3.13. The highest BCUT2D eigenvalue weighted by atomic mass is 32.1. The first-order valence-electron chi connectivity index (χ1n) is 7.28. The van der Waals surface area contributed by atoms with Crippen LogP contribution in [0.3, 0.4) is 0 Å². The van der Waals surface area contributed by atoms with Crippen molar-refractivity contribution in [1.29, 1.82) is 0 Å². The summed E-state index contributed by atoms with van der Waals surface area (Å²) in [6, 6.07) is 0. The molecule has 20 heavy (non-hydrogen) atoms. The van der Waals surface area contributed by atoms with Crippen molar-refractivity contribution in [1.82, 2.24) is 0 Å². The van der Waals surface area contributed by atoms with E-state index in [-0.39, 0.29) is 11.9 Å². The molecule has 1 aromatic rings. The van der Waals surface area contributed by atoms with Crippen LogP contribution < -0.4 is 15.4 Å². The molecule has 1 aliphatic rings. The van der Waals surface area contributed by atoms with Crippen LogP contribution in [0.4, 0.5) is 10.7 Å². The van der Waals surface area contributed by atoms with Gasteiger partial charge in [0.15, 0.2) is 11.5 Å². The van der Waals surface area contributed by atoms with E-state index in [2.05, 4.69) is 11.8 Å². The minimum Gasteiger partial charge on any atom is -0.486 e. The molecule has 1 fully saturated rings. The lowest BCUT2D eigenvalue weighted by Gasteiger charge is -2.23. The molecular weight excluding hydrogens is 272 g/mol. The summed E-state index contributed by atoms with van der Waals surface area (Å²) in [5.74, 6) is 1.48. The maximum Gasteiger partial charge on any atom is 0.177 e. The number of carbonyl (C=O) groups is 1. The zero-order valence-corrected chi connectivity index (χ0v) is 13.5. The smallest absolute Gasteiger partial charge is 0.177 e. The number of nitrogens with zero attached hydrogens (tertiary/aromatic N) is 1. The van der Waals surface area contributed by atoms with E-state index in [1.807, 2.05) is 13.8 Å². The van der Waals surface area contributed by atoms with E-state index < -0.39 is 0 Å². The summed E-state index contributed by atoms with van der Waals surface area (Å²) in [6.45, 7) is 9.58. The van der Waals surface area contributed by atoms with Gasteiger partial charge in [-0.1, -0.05) is 0 Å². The minimum absolute atomic E-state index is 0.00910. The predicted molar refractivity (Wildman–Crippen MR) is 85.1 cm³/mol. The molecule has 0 amide bonds. The molecule has 112 valence electrons.